The smallest absolute Gasteiger partial charge is 0.410 e. The van der Waals surface area contributed by atoms with Crippen LogP contribution in [0.5, 0.6) is 0 Å². The van der Waals surface area contributed by atoms with Crippen molar-refractivity contribution in [2.45, 2.75) is 253 Å². The van der Waals surface area contributed by atoms with E-state index < -0.39 is 42.8 Å². The van der Waals surface area contributed by atoms with Crippen LogP contribution in [-0.4, -0.2) is 122 Å². The van der Waals surface area contributed by atoms with Crippen molar-refractivity contribution >= 4 is 37.0 Å². The molecule has 0 spiro atoms. The largest absolute Gasteiger partial charge is 0.457 e. The molecule has 3 aliphatic rings. The zero-order valence-corrected chi connectivity index (χ0v) is 50.7. The van der Waals surface area contributed by atoms with Gasteiger partial charge in [-0.1, -0.05) is 135 Å². The minimum absolute atomic E-state index is 0.0284. The Labute approximate surface area is 427 Å². The molecule has 0 radical (unpaired) electrons. The summed E-state index contributed by atoms with van der Waals surface area (Å²) in [6.45, 7) is 44.4. The van der Waals surface area contributed by atoms with E-state index in [0.29, 0.717) is 25.4 Å². The highest BCUT2D eigenvalue weighted by molar-refractivity contribution is 6.74. The number of amides is 1. The number of rotatable bonds is 25. The Bertz CT molecular complexity index is 1610. The molecule has 10 atom stereocenters. The maximum atomic E-state index is 14.1. The van der Waals surface area contributed by atoms with Crippen molar-refractivity contribution in [3.05, 3.63) is 36.0 Å². The summed E-state index contributed by atoms with van der Waals surface area (Å²) in [6, 6.07) is 9.61. The molecule has 0 aromatic heterocycles. The molecule has 3 heterocycles. The van der Waals surface area contributed by atoms with Crippen molar-refractivity contribution < 1.29 is 37.1 Å². The summed E-state index contributed by atoms with van der Waals surface area (Å²) >= 11 is 0. The number of piperazine rings is 1. The highest BCUT2D eigenvalue weighted by Gasteiger charge is 2.51. The second kappa shape index (κ2) is 28.2. The first-order chi connectivity index (χ1) is 32.5. The van der Waals surface area contributed by atoms with Crippen LogP contribution in [0.3, 0.4) is 0 Å². The van der Waals surface area contributed by atoms with Gasteiger partial charge in [0.1, 0.15) is 12.2 Å². The van der Waals surface area contributed by atoms with Gasteiger partial charge >= 0.3 is 12.1 Å². The molecule has 0 aromatic carbocycles. The average molecular weight is 1020 g/mol. The van der Waals surface area contributed by atoms with Crippen molar-refractivity contribution in [1.82, 2.24) is 9.80 Å². The van der Waals surface area contributed by atoms with Crippen LogP contribution < -0.4 is 0 Å². The number of carbonyl (C=O) groups is 2. The van der Waals surface area contributed by atoms with Crippen LogP contribution in [0.1, 0.15) is 157 Å². The number of carbonyl (C=O) groups excluding carboxylic acids is 2. The minimum atomic E-state index is -2.05. The fourth-order valence-corrected chi connectivity index (χ4v) is 20.2. The quantitative estimate of drug-likeness (QED) is 0.0291. The number of hydrogen-bond acceptors (Lipinski definition) is 9. The third-order valence-corrected chi connectivity index (χ3v) is 31.0. The van der Waals surface area contributed by atoms with Gasteiger partial charge in [0, 0.05) is 57.1 Å². The first-order valence-electron chi connectivity index (χ1n) is 28.1. The van der Waals surface area contributed by atoms with Gasteiger partial charge in [-0.2, -0.15) is 0 Å². The molecule has 2 fully saturated rings. The van der Waals surface area contributed by atoms with E-state index in [9.17, 15) is 9.59 Å². The average Bonchev–Trinajstić information content (AvgIpc) is 4.10. The molecule has 400 valence electrons. The van der Waals surface area contributed by atoms with Crippen molar-refractivity contribution in [1.29, 1.82) is 0 Å². The Hall–Kier alpha value is -1.59. The first kappa shape index (κ1) is 61.7. The number of cyclic esters (lactones) is 1. The van der Waals surface area contributed by atoms with Gasteiger partial charge in [0.05, 0.1) is 30.3 Å². The summed E-state index contributed by atoms with van der Waals surface area (Å²) in [7, 11) is -5.85. The summed E-state index contributed by atoms with van der Waals surface area (Å²) in [5, 5.41) is 0. The molecule has 13 heteroatoms. The number of ether oxygens (including phenoxy) is 3. The Balaban J connectivity index is 1.97. The molecule has 10 unspecified atom stereocenters. The topological polar surface area (TPSA) is 99.3 Å². The molecule has 0 aromatic rings. The van der Waals surface area contributed by atoms with Gasteiger partial charge in [-0.25, -0.2) is 4.79 Å². The van der Waals surface area contributed by atoms with Crippen molar-refractivity contribution in [2.24, 2.45) is 23.2 Å². The lowest BCUT2D eigenvalue weighted by Gasteiger charge is -2.39. The lowest BCUT2D eigenvalue weighted by Crippen LogP contribution is -2.51. The van der Waals surface area contributed by atoms with E-state index in [-0.39, 0.29) is 60.2 Å². The lowest BCUT2D eigenvalue weighted by atomic mass is 9.91. The second-order valence-corrected chi connectivity index (χ2v) is 37.1. The molecule has 1 amide bonds. The Morgan fingerprint density at radius 1 is 0.812 bits per heavy atom. The summed E-state index contributed by atoms with van der Waals surface area (Å²) in [5.74, 6) is -0.0842. The molecule has 3 rings (SSSR count). The van der Waals surface area contributed by atoms with Crippen molar-refractivity contribution in [3.63, 3.8) is 0 Å². The van der Waals surface area contributed by atoms with E-state index in [2.05, 4.69) is 160 Å². The van der Waals surface area contributed by atoms with Crippen LogP contribution >= 0.6 is 0 Å². The van der Waals surface area contributed by atoms with Gasteiger partial charge in [-0.3, -0.25) is 9.69 Å². The Kier molecular flexibility index (Phi) is 25.2. The van der Waals surface area contributed by atoms with Crippen LogP contribution in [0, 0.1) is 23.2 Å². The summed E-state index contributed by atoms with van der Waals surface area (Å²) in [6.07, 6.45) is 13.0. The molecular formula is C56H106N2O8Si3. The second-order valence-electron chi connectivity index (χ2n) is 23.0. The predicted octanol–water partition coefficient (Wildman–Crippen LogP) is 14.3. The minimum Gasteiger partial charge on any atom is -0.457 e. The molecule has 0 aliphatic carbocycles. The molecule has 10 nitrogen and oxygen atoms in total. The van der Waals surface area contributed by atoms with Crippen LogP contribution in [0.15, 0.2) is 36.0 Å². The molecule has 0 bridgehead atoms. The maximum Gasteiger partial charge on any atom is 0.410 e. The van der Waals surface area contributed by atoms with Gasteiger partial charge < -0.3 is 32.4 Å². The lowest BCUT2D eigenvalue weighted by molar-refractivity contribution is -0.150. The number of hydrogen-bond donors (Lipinski definition) is 0. The molecular weight excluding hydrogens is 913 g/mol. The SMILES string of the molecule is CCC(O[Si](CC)(CC)CC)C(C)C1OC1CC(C)(/C=C/C=C(\C)C1OC(=O)CC(O[Si](CC)(CC)CC)CCC(C)C(OC(=O)N2CCN(CC(C)(C)C)CC2)/C=C\C1C)O[Si](CC)(CC)CC. The Morgan fingerprint density at radius 3 is 1.90 bits per heavy atom. The van der Waals surface area contributed by atoms with Crippen LogP contribution in [0.4, 0.5) is 4.79 Å². The fraction of sp³-hybridized carbons (Fsp3) is 0.857. The van der Waals surface area contributed by atoms with Gasteiger partial charge in [0.2, 0.25) is 0 Å². The number of esters is 1. The molecule has 0 N–H and O–H groups in total. The van der Waals surface area contributed by atoms with Gasteiger partial charge in [-0.15, -0.1) is 0 Å². The van der Waals surface area contributed by atoms with Crippen LogP contribution in [0.25, 0.3) is 0 Å². The number of nitrogens with zero attached hydrogens (tertiary/aromatic N) is 2. The normalized spacial score (nSPS) is 27.5. The highest BCUT2D eigenvalue weighted by Crippen LogP contribution is 2.43. The number of allylic oxidation sites excluding steroid dienone is 2. The van der Waals surface area contributed by atoms with E-state index in [1.54, 1.807) is 0 Å². The molecule has 2 saturated heterocycles. The van der Waals surface area contributed by atoms with Gasteiger partial charge in [0.25, 0.3) is 0 Å². The van der Waals surface area contributed by atoms with E-state index in [4.69, 9.17) is 27.5 Å². The van der Waals surface area contributed by atoms with E-state index in [1.165, 1.54) is 0 Å². The predicted molar refractivity (Wildman–Crippen MR) is 295 cm³/mol. The van der Waals surface area contributed by atoms with Crippen LogP contribution in [0.2, 0.25) is 54.4 Å². The standard InChI is InChI=1S/C56H106N2O8Si3/c1-19-48(65-68(23-5,24-6)25-7)46(14)53-50(61-53)41-56(18,66-69(26-8,27-9)28-10)35-29-30-44(12)52-45(13)32-34-49(62-54(60)58-38-36-57(37-39-58)42-55(15,16)17)43(11)31-33-47(40-51(59)63-52)64-67(20-2,21-3)22-4/h29-30,32,34-35,43,45-50,52-53H,19-28,31,33,36-42H2,1-18H3/b34-32-,35-29+,44-30+. The van der Waals surface area contributed by atoms with E-state index >= 15 is 0 Å². The Morgan fingerprint density at radius 2 is 1.38 bits per heavy atom. The number of epoxide rings is 1. The van der Waals surface area contributed by atoms with Crippen molar-refractivity contribution in [3.8, 4) is 0 Å². The maximum absolute atomic E-state index is 14.1. The van der Waals surface area contributed by atoms with Gasteiger partial charge in [0.15, 0.2) is 25.0 Å². The van der Waals surface area contributed by atoms with Gasteiger partial charge in [-0.05, 0) is 110 Å². The van der Waals surface area contributed by atoms with Crippen LogP contribution in [-0.2, 0) is 32.3 Å². The molecule has 69 heavy (non-hydrogen) atoms. The third-order valence-electron chi connectivity index (χ3n) is 16.9. The summed E-state index contributed by atoms with van der Waals surface area (Å²) in [4.78, 5) is 32.3. The van der Waals surface area contributed by atoms with E-state index in [1.807, 2.05) is 4.90 Å². The van der Waals surface area contributed by atoms with Crippen molar-refractivity contribution in [2.75, 3.05) is 32.7 Å². The summed E-state index contributed by atoms with van der Waals surface area (Å²) < 4.78 is 41.0. The van der Waals surface area contributed by atoms with E-state index in [0.717, 1.165) is 98.9 Å². The summed E-state index contributed by atoms with van der Waals surface area (Å²) in [5.41, 5.74) is 0.608. The first-order valence-corrected chi connectivity index (χ1v) is 35.7. The zero-order chi connectivity index (χ0) is 51.8. The molecule has 0 saturated carbocycles. The zero-order valence-electron chi connectivity index (χ0n) is 47.7. The molecule has 3 aliphatic heterocycles. The monoisotopic (exact) mass is 1020 g/mol. The highest BCUT2D eigenvalue weighted by atomic mass is 28.4. The third kappa shape index (κ3) is 18.4. The fourth-order valence-electron chi connectivity index (χ4n) is 11.2.